The van der Waals surface area contributed by atoms with Crippen LogP contribution in [0.5, 0.6) is 0 Å². The van der Waals surface area contributed by atoms with Gasteiger partial charge in [-0.05, 0) is 23.6 Å². The Labute approximate surface area is 87.8 Å². The van der Waals surface area contributed by atoms with E-state index in [2.05, 4.69) is 41.4 Å². The van der Waals surface area contributed by atoms with Gasteiger partial charge in [0.05, 0.1) is 5.35 Å². The van der Waals surface area contributed by atoms with Gasteiger partial charge in [-0.3, -0.25) is 4.98 Å². The van der Waals surface area contributed by atoms with Crippen molar-refractivity contribution in [2.45, 2.75) is 6.42 Å². The first-order chi connectivity index (χ1) is 7.42. The van der Waals surface area contributed by atoms with Crippen molar-refractivity contribution in [3.05, 3.63) is 41.0 Å². The Kier molecular flexibility index (Phi) is 1.26. The molecule has 0 N–H and O–H groups in total. The zero-order chi connectivity index (χ0) is 9.83. The molecule has 4 rings (SSSR count). The number of nitrogens with zero attached hydrogens (tertiary/aromatic N) is 1. The normalized spacial score (nSPS) is 26.1. The molecule has 1 nitrogen and oxygen atoms in total. The minimum atomic E-state index is 0.783. The van der Waals surface area contributed by atoms with E-state index >= 15 is 0 Å². The molecule has 1 aromatic heterocycles. The molecule has 0 amide bonds. The Morgan fingerprint density at radius 2 is 1.93 bits per heavy atom. The quantitative estimate of drug-likeness (QED) is 0.617. The lowest BCUT2D eigenvalue weighted by atomic mass is 10.1. The van der Waals surface area contributed by atoms with Crippen molar-refractivity contribution < 1.29 is 0 Å². The van der Waals surface area contributed by atoms with Crippen molar-refractivity contribution in [3.63, 3.8) is 0 Å². The lowest BCUT2D eigenvalue weighted by molar-refractivity contribution is 1.04. The van der Waals surface area contributed by atoms with Crippen LogP contribution < -0.4 is 10.6 Å². The average Bonchev–Trinajstić information content (AvgIpc) is 3.04. The summed E-state index contributed by atoms with van der Waals surface area (Å²) in [5.41, 5.74) is 0. The molecule has 0 saturated heterocycles. The van der Waals surface area contributed by atoms with Crippen LogP contribution in [0.25, 0.3) is 22.9 Å². The van der Waals surface area contributed by atoms with Crippen molar-refractivity contribution in [3.8, 4) is 0 Å². The summed E-state index contributed by atoms with van der Waals surface area (Å²) < 4.78 is 0. The fraction of sp³-hybridized carbons (Fsp3) is 0.214. The summed E-state index contributed by atoms with van der Waals surface area (Å²) >= 11 is 0. The van der Waals surface area contributed by atoms with Gasteiger partial charge in [0.2, 0.25) is 0 Å². The van der Waals surface area contributed by atoms with E-state index in [0.717, 1.165) is 11.8 Å². The molecular weight excluding hydrogens is 182 g/mol. The van der Waals surface area contributed by atoms with Gasteiger partial charge < -0.3 is 0 Å². The maximum atomic E-state index is 4.54. The van der Waals surface area contributed by atoms with Crippen molar-refractivity contribution in [1.29, 1.82) is 0 Å². The molecule has 72 valence electrons. The van der Waals surface area contributed by atoms with Gasteiger partial charge in [0, 0.05) is 16.8 Å². The van der Waals surface area contributed by atoms with Crippen LogP contribution in [-0.2, 0) is 0 Å². The standard InChI is InChI=1S/C14H11N/c1-2-4-12-9(3-1)8-15-14-7-11-5-10(11)6-13(12)14/h1-4,6-8,10-11H,5H2. The number of aromatic nitrogens is 1. The van der Waals surface area contributed by atoms with E-state index in [9.17, 15) is 0 Å². The topological polar surface area (TPSA) is 12.9 Å². The third-order valence-corrected chi connectivity index (χ3v) is 3.51. The van der Waals surface area contributed by atoms with E-state index in [1.165, 1.54) is 27.8 Å². The van der Waals surface area contributed by atoms with Crippen LogP contribution in [0.2, 0.25) is 0 Å². The minimum Gasteiger partial charge on any atom is -0.256 e. The van der Waals surface area contributed by atoms with E-state index < -0.39 is 0 Å². The highest BCUT2D eigenvalue weighted by atomic mass is 14.7. The number of hydrogen-bond donors (Lipinski definition) is 0. The zero-order valence-corrected chi connectivity index (χ0v) is 8.35. The second-order valence-electron chi connectivity index (χ2n) is 4.54. The third kappa shape index (κ3) is 1.01. The number of pyridine rings is 1. The molecule has 0 spiro atoms. The average molecular weight is 193 g/mol. The van der Waals surface area contributed by atoms with Gasteiger partial charge in [-0.25, -0.2) is 0 Å². The van der Waals surface area contributed by atoms with Crippen LogP contribution in [0.15, 0.2) is 30.5 Å². The molecule has 2 aliphatic rings. The predicted octanol–water partition coefficient (Wildman–Crippen LogP) is 1.45. The monoisotopic (exact) mass is 193 g/mol. The summed E-state index contributed by atoms with van der Waals surface area (Å²) in [6.45, 7) is 0. The molecule has 2 aliphatic carbocycles. The van der Waals surface area contributed by atoms with Gasteiger partial charge in [-0.15, -0.1) is 0 Å². The lowest BCUT2D eigenvalue weighted by Gasteiger charge is -2.02. The van der Waals surface area contributed by atoms with E-state index in [1.807, 2.05) is 6.20 Å². The van der Waals surface area contributed by atoms with Gasteiger partial charge in [-0.1, -0.05) is 36.4 Å². The first-order valence-electron chi connectivity index (χ1n) is 5.49. The summed E-state index contributed by atoms with van der Waals surface area (Å²) in [4.78, 5) is 4.54. The molecule has 0 bridgehead atoms. The first-order valence-corrected chi connectivity index (χ1v) is 5.49. The Bertz CT molecular complexity index is 669. The highest BCUT2D eigenvalue weighted by molar-refractivity contribution is 5.83. The van der Waals surface area contributed by atoms with Crippen molar-refractivity contribution in [1.82, 2.24) is 4.98 Å². The molecule has 1 heteroatoms. The predicted molar refractivity (Wildman–Crippen MR) is 61.5 cm³/mol. The molecule has 2 atom stereocenters. The highest BCUT2D eigenvalue weighted by Crippen LogP contribution is 2.41. The number of hydrogen-bond acceptors (Lipinski definition) is 1. The summed E-state index contributed by atoms with van der Waals surface area (Å²) in [6.07, 6.45) is 8.06. The molecule has 2 unspecified atom stereocenters. The van der Waals surface area contributed by atoms with Gasteiger partial charge in [0.15, 0.2) is 0 Å². The van der Waals surface area contributed by atoms with E-state index in [-0.39, 0.29) is 0 Å². The molecule has 1 aromatic carbocycles. The van der Waals surface area contributed by atoms with Gasteiger partial charge in [-0.2, -0.15) is 0 Å². The van der Waals surface area contributed by atoms with Gasteiger partial charge in [0.1, 0.15) is 0 Å². The minimum absolute atomic E-state index is 0.783. The number of fused-ring (bicyclic) bond motifs is 4. The molecular formula is C14H11N. The molecule has 1 saturated carbocycles. The second-order valence-corrected chi connectivity index (χ2v) is 4.54. The molecule has 0 aliphatic heterocycles. The van der Waals surface area contributed by atoms with Gasteiger partial charge in [0.25, 0.3) is 0 Å². The molecule has 1 fully saturated rings. The van der Waals surface area contributed by atoms with E-state index in [0.29, 0.717) is 0 Å². The van der Waals surface area contributed by atoms with Crippen molar-refractivity contribution in [2.24, 2.45) is 11.8 Å². The highest BCUT2D eigenvalue weighted by Gasteiger charge is 2.34. The molecule has 0 radical (unpaired) electrons. The lowest BCUT2D eigenvalue weighted by Crippen LogP contribution is -2.31. The Morgan fingerprint density at radius 3 is 2.93 bits per heavy atom. The molecule has 2 aromatic rings. The summed E-state index contributed by atoms with van der Waals surface area (Å²) in [5, 5.41) is 5.14. The molecule has 1 heterocycles. The number of benzene rings is 1. The summed E-state index contributed by atoms with van der Waals surface area (Å²) in [6, 6.07) is 8.51. The van der Waals surface area contributed by atoms with Crippen LogP contribution in [0.3, 0.4) is 0 Å². The molecule has 15 heavy (non-hydrogen) atoms. The Balaban J connectivity index is 2.26. The number of rotatable bonds is 0. The zero-order valence-electron chi connectivity index (χ0n) is 8.35. The van der Waals surface area contributed by atoms with Crippen LogP contribution >= 0.6 is 0 Å². The largest absolute Gasteiger partial charge is 0.256 e. The maximum absolute atomic E-state index is 4.54. The second kappa shape index (κ2) is 2.48. The SMILES string of the molecule is C1=c2ncc3ccccc3c2=CC2CC12. The van der Waals surface area contributed by atoms with Crippen LogP contribution in [0, 0.1) is 11.8 Å². The third-order valence-electron chi connectivity index (χ3n) is 3.51. The van der Waals surface area contributed by atoms with E-state index in [1.54, 1.807) is 0 Å². The fourth-order valence-electron chi connectivity index (χ4n) is 2.55. The van der Waals surface area contributed by atoms with Crippen LogP contribution in [-0.4, -0.2) is 4.98 Å². The van der Waals surface area contributed by atoms with Crippen LogP contribution in [0.4, 0.5) is 0 Å². The van der Waals surface area contributed by atoms with Gasteiger partial charge >= 0.3 is 0 Å². The van der Waals surface area contributed by atoms with Crippen molar-refractivity contribution >= 4 is 22.9 Å². The Morgan fingerprint density at radius 1 is 1.07 bits per heavy atom. The summed E-state index contributed by atoms with van der Waals surface area (Å²) in [5.74, 6) is 1.58. The summed E-state index contributed by atoms with van der Waals surface area (Å²) in [7, 11) is 0. The maximum Gasteiger partial charge on any atom is 0.0668 e. The van der Waals surface area contributed by atoms with Crippen molar-refractivity contribution in [2.75, 3.05) is 0 Å². The smallest absolute Gasteiger partial charge is 0.0668 e. The first kappa shape index (κ1) is 7.63. The Hall–Kier alpha value is -1.63. The van der Waals surface area contributed by atoms with E-state index in [4.69, 9.17) is 0 Å². The fourth-order valence-corrected chi connectivity index (χ4v) is 2.55. The van der Waals surface area contributed by atoms with Crippen LogP contribution in [0.1, 0.15) is 6.42 Å².